The molecule has 0 radical (unpaired) electrons. The number of rotatable bonds is 8. The van der Waals surface area contributed by atoms with Gasteiger partial charge in [0.15, 0.2) is 11.5 Å². The lowest BCUT2D eigenvalue weighted by Crippen LogP contribution is -2.29. The number of hydrogen-bond donors (Lipinski definition) is 1. The van der Waals surface area contributed by atoms with Gasteiger partial charge in [0.2, 0.25) is 5.91 Å². The molecule has 0 fully saturated rings. The number of hydrogen-bond acceptors (Lipinski definition) is 4. The van der Waals surface area contributed by atoms with Crippen molar-refractivity contribution in [2.45, 2.75) is 13.5 Å². The molecule has 134 valence electrons. The molecule has 1 amide bonds. The van der Waals surface area contributed by atoms with Crippen LogP contribution < -0.4 is 14.8 Å². The van der Waals surface area contributed by atoms with E-state index in [0.29, 0.717) is 23.9 Å². The molecule has 25 heavy (non-hydrogen) atoms. The Hall–Kier alpha value is -2.24. The fourth-order valence-corrected chi connectivity index (χ4v) is 2.56. The van der Waals surface area contributed by atoms with Crippen molar-refractivity contribution < 1.29 is 14.3 Å². The summed E-state index contributed by atoms with van der Waals surface area (Å²) in [4.78, 5) is 14.1. The number of ether oxygens (including phenoxy) is 2. The molecule has 1 N–H and O–H groups in total. The first-order valence-corrected chi connectivity index (χ1v) is 8.43. The van der Waals surface area contributed by atoms with Crippen LogP contribution in [0.15, 0.2) is 42.5 Å². The van der Waals surface area contributed by atoms with Gasteiger partial charge in [-0.25, -0.2) is 0 Å². The van der Waals surface area contributed by atoms with E-state index in [9.17, 15) is 4.79 Å². The largest absolute Gasteiger partial charge is 0.493 e. The fourth-order valence-electron chi connectivity index (χ4n) is 2.43. The molecule has 0 aromatic heterocycles. The third-order valence-electron chi connectivity index (χ3n) is 3.52. The van der Waals surface area contributed by atoms with Crippen molar-refractivity contribution in [3.8, 4) is 11.5 Å². The molecular weight excluding hydrogens is 340 g/mol. The minimum atomic E-state index is -0.0808. The zero-order valence-electron chi connectivity index (χ0n) is 14.7. The molecule has 0 aliphatic rings. The third kappa shape index (κ3) is 5.96. The van der Waals surface area contributed by atoms with Gasteiger partial charge >= 0.3 is 0 Å². The number of nitrogens with one attached hydrogen (secondary N) is 1. The molecule has 0 saturated heterocycles. The van der Waals surface area contributed by atoms with E-state index in [1.807, 2.05) is 37.1 Å². The van der Waals surface area contributed by atoms with E-state index in [2.05, 4.69) is 5.32 Å². The highest BCUT2D eigenvalue weighted by Gasteiger charge is 2.10. The Morgan fingerprint density at radius 1 is 1.16 bits per heavy atom. The van der Waals surface area contributed by atoms with Gasteiger partial charge < -0.3 is 14.8 Å². The zero-order valence-corrected chi connectivity index (χ0v) is 15.5. The van der Waals surface area contributed by atoms with Crippen LogP contribution in [0.5, 0.6) is 11.5 Å². The summed E-state index contributed by atoms with van der Waals surface area (Å²) in [6, 6.07) is 12.8. The number of benzene rings is 2. The first-order valence-electron chi connectivity index (χ1n) is 8.05. The number of methoxy groups -OCH3 is 1. The van der Waals surface area contributed by atoms with Gasteiger partial charge in [0.05, 0.1) is 20.3 Å². The molecule has 5 nitrogen and oxygen atoms in total. The van der Waals surface area contributed by atoms with Crippen molar-refractivity contribution >= 4 is 23.2 Å². The molecule has 0 bridgehead atoms. The van der Waals surface area contributed by atoms with Gasteiger partial charge in [-0.3, -0.25) is 9.69 Å². The smallest absolute Gasteiger partial charge is 0.238 e. The lowest BCUT2D eigenvalue weighted by Gasteiger charge is -2.18. The first kappa shape index (κ1) is 19.1. The summed E-state index contributed by atoms with van der Waals surface area (Å²) in [6.45, 7) is 3.41. The molecule has 0 saturated carbocycles. The minimum absolute atomic E-state index is 0.0808. The standard InChI is InChI=1S/C19H23ClN2O3/c1-4-25-17-10-5-14(11-18(17)24-3)12-22(2)13-19(23)21-16-8-6-15(20)7-9-16/h5-11H,4,12-13H2,1-3H3,(H,21,23). The predicted molar refractivity (Wildman–Crippen MR) is 101 cm³/mol. The molecule has 6 heteroatoms. The van der Waals surface area contributed by atoms with E-state index in [4.69, 9.17) is 21.1 Å². The average molecular weight is 363 g/mol. The second-order valence-electron chi connectivity index (χ2n) is 5.65. The SMILES string of the molecule is CCOc1ccc(CN(C)CC(=O)Nc2ccc(Cl)cc2)cc1OC. The average Bonchev–Trinajstić information content (AvgIpc) is 2.58. The second-order valence-corrected chi connectivity index (χ2v) is 6.08. The van der Waals surface area contributed by atoms with Crippen LogP contribution in [0.2, 0.25) is 5.02 Å². The van der Waals surface area contributed by atoms with Crippen molar-refractivity contribution in [2.24, 2.45) is 0 Å². The van der Waals surface area contributed by atoms with Gasteiger partial charge in [-0.15, -0.1) is 0 Å². The third-order valence-corrected chi connectivity index (χ3v) is 3.77. The van der Waals surface area contributed by atoms with Gasteiger partial charge in [0.25, 0.3) is 0 Å². The van der Waals surface area contributed by atoms with Crippen LogP contribution in [0.4, 0.5) is 5.69 Å². The highest BCUT2D eigenvalue weighted by atomic mass is 35.5. The van der Waals surface area contributed by atoms with Gasteiger partial charge in [0, 0.05) is 17.3 Å². The number of halogens is 1. The molecule has 2 aromatic rings. The lowest BCUT2D eigenvalue weighted by atomic mass is 10.2. The molecule has 0 aliphatic heterocycles. The van der Waals surface area contributed by atoms with Crippen molar-refractivity contribution in [3.05, 3.63) is 53.1 Å². The summed E-state index contributed by atoms with van der Waals surface area (Å²) >= 11 is 5.84. The predicted octanol–water partition coefficient (Wildman–Crippen LogP) is 3.82. The summed E-state index contributed by atoms with van der Waals surface area (Å²) in [7, 11) is 3.51. The Morgan fingerprint density at radius 3 is 2.52 bits per heavy atom. The second kappa shape index (κ2) is 9.30. The quantitative estimate of drug-likeness (QED) is 0.775. The van der Waals surface area contributed by atoms with Crippen molar-refractivity contribution in [1.29, 1.82) is 0 Å². The van der Waals surface area contributed by atoms with Crippen LogP contribution in [0.3, 0.4) is 0 Å². The van der Waals surface area contributed by atoms with Crippen LogP contribution in [0, 0.1) is 0 Å². The number of carbonyl (C=O) groups is 1. The van der Waals surface area contributed by atoms with Crippen LogP contribution in [0.1, 0.15) is 12.5 Å². The summed E-state index contributed by atoms with van der Waals surface area (Å²) < 4.78 is 10.9. The summed E-state index contributed by atoms with van der Waals surface area (Å²) in [5.74, 6) is 1.33. The summed E-state index contributed by atoms with van der Waals surface area (Å²) in [5, 5.41) is 3.49. The van der Waals surface area contributed by atoms with Crippen LogP contribution in [-0.2, 0) is 11.3 Å². The van der Waals surface area contributed by atoms with Crippen LogP contribution >= 0.6 is 11.6 Å². The maximum Gasteiger partial charge on any atom is 0.238 e. The van der Waals surface area contributed by atoms with Gasteiger partial charge in [0.1, 0.15) is 0 Å². The number of likely N-dealkylation sites (N-methyl/N-ethyl adjacent to an activating group) is 1. The van der Waals surface area contributed by atoms with Crippen LogP contribution in [-0.4, -0.2) is 38.1 Å². The number of nitrogens with zero attached hydrogens (tertiary/aromatic N) is 1. The molecule has 0 spiro atoms. The Kier molecular flexibility index (Phi) is 7.10. The van der Waals surface area contributed by atoms with E-state index < -0.39 is 0 Å². The van der Waals surface area contributed by atoms with Gasteiger partial charge in [-0.05, 0) is 55.9 Å². The summed E-state index contributed by atoms with van der Waals surface area (Å²) in [5.41, 5.74) is 1.77. The van der Waals surface area contributed by atoms with Crippen molar-refractivity contribution in [2.75, 3.05) is 32.6 Å². The molecule has 2 aromatic carbocycles. The number of carbonyl (C=O) groups excluding carboxylic acids is 1. The Morgan fingerprint density at radius 2 is 1.88 bits per heavy atom. The molecule has 2 rings (SSSR count). The Bertz CT molecular complexity index is 704. The van der Waals surface area contributed by atoms with E-state index in [1.54, 1.807) is 31.4 Å². The molecule has 0 aliphatic carbocycles. The maximum absolute atomic E-state index is 12.1. The van der Waals surface area contributed by atoms with Crippen LogP contribution in [0.25, 0.3) is 0 Å². The van der Waals surface area contributed by atoms with Crippen molar-refractivity contribution in [3.63, 3.8) is 0 Å². The summed E-state index contributed by atoms with van der Waals surface area (Å²) in [6.07, 6.45) is 0. The topological polar surface area (TPSA) is 50.8 Å². The Labute approximate surface area is 153 Å². The fraction of sp³-hybridized carbons (Fsp3) is 0.316. The zero-order chi connectivity index (χ0) is 18.2. The van der Waals surface area contributed by atoms with E-state index in [1.165, 1.54) is 0 Å². The maximum atomic E-state index is 12.1. The Balaban J connectivity index is 1.91. The van der Waals surface area contributed by atoms with E-state index >= 15 is 0 Å². The normalized spacial score (nSPS) is 10.6. The van der Waals surface area contributed by atoms with Crippen molar-refractivity contribution in [1.82, 2.24) is 4.90 Å². The molecule has 0 atom stereocenters. The van der Waals surface area contributed by atoms with E-state index in [0.717, 1.165) is 17.0 Å². The van der Waals surface area contributed by atoms with Gasteiger partial charge in [-0.2, -0.15) is 0 Å². The number of amides is 1. The number of anilines is 1. The minimum Gasteiger partial charge on any atom is -0.493 e. The molecule has 0 heterocycles. The monoisotopic (exact) mass is 362 g/mol. The highest BCUT2D eigenvalue weighted by molar-refractivity contribution is 6.30. The molecular formula is C19H23ClN2O3. The lowest BCUT2D eigenvalue weighted by molar-refractivity contribution is -0.117. The van der Waals surface area contributed by atoms with Gasteiger partial charge in [-0.1, -0.05) is 17.7 Å². The first-order chi connectivity index (χ1) is 12.0. The molecule has 0 unspecified atom stereocenters. The highest BCUT2D eigenvalue weighted by Crippen LogP contribution is 2.28. The van der Waals surface area contributed by atoms with E-state index in [-0.39, 0.29) is 12.5 Å².